The molecule has 0 aliphatic carbocycles. The molecule has 2 rings (SSSR count). The van der Waals surface area contributed by atoms with Gasteiger partial charge in [-0.25, -0.2) is 0 Å². The molecule has 2 nitrogen and oxygen atoms in total. The minimum Gasteiger partial charge on any atom is -0.490 e. The van der Waals surface area contributed by atoms with Crippen molar-refractivity contribution in [2.75, 3.05) is 13.2 Å². The van der Waals surface area contributed by atoms with Gasteiger partial charge in [0.15, 0.2) is 11.5 Å². The topological polar surface area (TPSA) is 18.5 Å². The van der Waals surface area contributed by atoms with Gasteiger partial charge in [-0.2, -0.15) is 12.6 Å². The van der Waals surface area contributed by atoms with Gasteiger partial charge in [-0.05, 0) is 24.6 Å². The molecule has 14 heavy (non-hydrogen) atoms. The summed E-state index contributed by atoms with van der Waals surface area (Å²) in [5, 5.41) is 0.229. The molecule has 1 heterocycles. The van der Waals surface area contributed by atoms with Crippen LogP contribution >= 0.6 is 12.6 Å². The van der Waals surface area contributed by atoms with Gasteiger partial charge in [0.05, 0.1) is 13.2 Å². The minimum atomic E-state index is 0.229. The third kappa shape index (κ3) is 1.98. The molecule has 0 saturated heterocycles. The van der Waals surface area contributed by atoms with Crippen molar-refractivity contribution in [1.29, 1.82) is 0 Å². The van der Waals surface area contributed by atoms with Crippen LogP contribution in [0.15, 0.2) is 18.2 Å². The van der Waals surface area contributed by atoms with E-state index < -0.39 is 0 Å². The standard InChI is InChI=1S/C11H14O2S/c1-8(14)9-3-4-10-11(7-9)13-6-2-5-12-10/h3-4,7-8,14H,2,5-6H2,1H3. The van der Waals surface area contributed by atoms with Crippen molar-refractivity contribution in [3.8, 4) is 11.5 Å². The molecule has 76 valence electrons. The highest BCUT2D eigenvalue weighted by atomic mass is 32.1. The number of thiol groups is 1. The highest BCUT2D eigenvalue weighted by Gasteiger charge is 2.11. The quantitative estimate of drug-likeness (QED) is 0.718. The molecule has 1 aliphatic heterocycles. The summed E-state index contributed by atoms with van der Waals surface area (Å²) in [6, 6.07) is 6.01. The van der Waals surface area contributed by atoms with E-state index in [2.05, 4.69) is 12.6 Å². The van der Waals surface area contributed by atoms with Crippen LogP contribution in [0.3, 0.4) is 0 Å². The number of ether oxygens (including phenoxy) is 2. The maximum absolute atomic E-state index is 5.58. The van der Waals surface area contributed by atoms with Crippen LogP contribution < -0.4 is 9.47 Å². The fourth-order valence-corrected chi connectivity index (χ4v) is 1.60. The molecule has 0 bridgehead atoms. The Morgan fingerprint density at radius 1 is 1.21 bits per heavy atom. The van der Waals surface area contributed by atoms with Crippen LogP contribution in [0, 0.1) is 0 Å². The van der Waals surface area contributed by atoms with Crippen molar-refractivity contribution >= 4 is 12.6 Å². The molecular formula is C11H14O2S. The molecular weight excluding hydrogens is 196 g/mol. The molecule has 1 aliphatic rings. The number of hydrogen-bond acceptors (Lipinski definition) is 3. The zero-order valence-corrected chi connectivity index (χ0v) is 9.09. The first kappa shape index (κ1) is 9.71. The summed E-state index contributed by atoms with van der Waals surface area (Å²) >= 11 is 4.39. The van der Waals surface area contributed by atoms with Gasteiger partial charge in [-0.3, -0.25) is 0 Å². The highest BCUT2D eigenvalue weighted by Crippen LogP contribution is 2.33. The van der Waals surface area contributed by atoms with Crippen molar-refractivity contribution < 1.29 is 9.47 Å². The summed E-state index contributed by atoms with van der Waals surface area (Å²) in [5.74, 6) is 1.70. The maximum atomic E-state index is 5.58. The van der Waals surface area contributed by atoms with Crippen LogP contribution in [0.5, 0.6) is 11.5 Å². The summed E-state index contributed by atoms with van der Waals surface area (Å²) in [6.45, 7) is 3.52. The Labute approximate surface area is 89.6 Å². The van der Waals surface area contributed by atoms with Crippen LogP contribution in [-0.4, -0.2) is 13.2 Å². The molecule has 3 heteroatoms. The lowest BCUT2D eigenvalue weighted by Crippen LogP contribution is -1.97. The van der Waals surface area contributed by atoms with Crippen molar-refractivity contribution in [2.45, 2.75) is 18.6 Å². The molecule has 0 spiro atoms. The lowest BCUT2D eigenvalue weighted by atomic mass is 10.1. The fourth-order valence-electron chi connectivity index (χ4n) is 1.44. The van der Waals surface area contributed by atoms with E-state index in [1.165, 1.54) is 0 Å². The molecule has 1 unspecified atom stereocenters. The van der Waals surface area contributed by atoms with E-state index in [-0.39, 0.29) is 5.25 Å². The smallest absolute Gasteiger partial charge is 0.161 e. The van der Waals surface area contributed by atoms with Gasteiger partial charge in [0, 0.05) is 11.7 Å². The van der Waals surface area contributed by atoms with E-state index in [1.807, 2.05) is 25.1 Å². The van der Waals surface area contributed by atoms with Crippen molar-refractivity contribution in [1.82, 2.24) is 0 Å². The fraction of sp³-hybridized carbons (Fsp3) is 0.455. The Morgan fingerprint density at radius 3 is 2.64 bits per heavy atom. The Kier molecular flexibility index (Phi) is 2.87. The lowest BCUT2D eigenvalue weighted by Gasteiger charge is -2.10. The maximum Gasteiger partial charge on any atom is 0.161 e. The number of benzene rings is 1. The molecule has 0 aromatic heterocycles. The predicted octanol–water partition coefficient (Wildman–Crippen LogP) is 2.84. The molecule has 1 aromatic carbocycles. The number of rotatable bonds is 1. The van der Waals surface area contributed by atoms with Crippen LogP contribution in [0.2, 0.25) is 0 Å². The zero-order valence-electron chi connectivity index (χ0n) is 8.19. The Bertz CT molecular complexity index is 323. The lowest BCUT2D eigenvalue weighted by molar-refractivity contribution is 0.297. The van der Waals surface area contributed by atoms with E-state index in [0.717, 1.165) is 36.7 Å². The van der Waals surface area contributed by atoms with E-state index >= 15 is 0 Å². The summed E-state index contributed by atoms with van der Waals surface area (Å²) in [4.78, 5) is 0. The van der Waals surface area contributed by atoms with Crippen molar-refractivity contribution in [3.63, 3.8) is 0 Å². The first-order valence-electron chi connectivity index (χ1n) is 4.85. The molecule has 0 fully saturated rings. The van der Waals surface area contributed by atoms with Gasteiger partial charge in [0.1, 0.15) is 0 Å². The molecule has 1 atom stereocenters. The SMILES string of the molecule is CC(S)c1ccc2c(c1)OCCCO2. The van der Waals surface area contributed by atoms with Crippen LogP contribution in [0.25, 0.3) is 0 Å². The third-order valence-electron chi connectivity index (χ3n) is 2.25. The Hall–Kier alpha value is -0.830. The van der Waals surface area contributed by atoms with Gasteiger partial charge in [0.25, 0.3) is 0 Å². The number of fused-ring (bicyclic) bond motifs is 1. The van der Waals surface area contributed by atoms with Crippen molar-refractivity contribution in [2.24, 2.45) is 0 Å². The van der Waals surface area contributed by atoms with E-state index in [9.17, 15) is 0 Å². The summed E-state index contributed by atoms with van der Waals surface area (Å²) in [7, 11) is 0. The van der Waals surface area contributed by atoms with E-state index in [0.29, 0.717) is 0 Å². The monoisotopic (exact) mass is 210 g/mol. The second-order valence-electron chi connectivity index (χ2n) is 3.43. The van der Waals surface area contributed by atoms with Gasteiger partial charge >= 0.3 is 0 Å². The second kappa shape index (κ2) is 4.13. The van der Waals surface area contributed by atoms with Crippen molar-refractivity contribution in [3.05, 3.63) is 23.8 Å². The molecule has 0 radical (unpaired) electrons. The van der Waals surface area contributed by atoms with Gasteiger partial charge in [-0.1, -0.05) is 6.07 Å². The third-order valence-corrected chi connectivity index (χ3v) is 2.55. The van der Waals surface area contributed by atoms with Gasteiger partial charge in [-0.15, -0.1) is 0 Å². The molecule has 0 amide bonds. The largest absolute Gasteiger partial charge is 0.490 e. The molecule has 0 saturated carbocycles. The zero-order chi connectivity index (χ0) is 9.97. The summed E-state index contributed by atoms with van der Waals surface area (Å²) < 4.78 is 11.1. The minimum absolute atomic E-state index is 0.229. The van der Waals surface area contributed by atoms with E-state index in [1.54, 1.807) is 0 Å². The first-order valence-corrected chi connectivity index (χ1v) is 5.36. The Balaban J connectivity index is 2.32. The normalized spacial score (nSPS) is 17.3. The molecule has 1 aromatic rings. The number of hydrogen-bond donors (Lipinski definition) is 1. The average molecular weight is 210 g/mol. The van der Waals surface area contributed by atoms with Crippen LogP contribution in [-0.2, 0) is 0 Å². The second-order valence-corrected chi connectivity index (χ2v) is 4.21. The predicted molar refractivity (Wildman–Crippen MR) is 59.5 cm³/mol. The highest BCUT2D eigenvalue weighted by molar-refractivity contribution is 7.80. The average Bonchev–Trinajstić information content (AvgIpc) is 2.41. The summed E-state index contributed by atoms with van der Waals surface area (Å²) in [5.41, 5.74) is 1.16. The molecule has 0 N–H and O–H groups in total. The van der Waals surface area contributed by atoms with Gasteiger partial charge < -0.3 is 9.47 Å². The van der Waals surface area contributed by atoms with Crippen LogP contribution in [0.4, 0.5) is 0 Å². The Morgan fingerprint density at radius 2 is 1.93 bits per heavy atom. The van der Waals surface area contributed by atoms with E-state index in [4.69, 9.17) is 9.47 Å². The van der Waals surface area contributed by atoms with Gasteiger partial charge in [0.2, 0.25) is 0 Å². The summed E-state index contributed by atoms with van der Waals surface area (Å²) in [6.07, 6.45) is 0.945. The first-order chi connectivity index (χ1) is 6.77. The van der Waals surface area contributed by atoms with Crippen LogP contribution in [0.1, 0.15) is 24.2 Å².